The van der Waals surface area contributed by atoms with Crippen LogP contribution in [-0.2, 0) is 6.42 Å². The number of hydrogen-bond acceptors (Lipinski definition) is 2. The monoisotopic (exact) mass is 250 g/mol. The Labute approximate surface area is 105 Å². The third-order valence-electron chi connectivity index (χ3n) is 2.78. The fourth-order valence-corrected chi connectivity index (χ4v) is 2.00. The van der Waals surface area contributed by atoms with E-state index in [0.717, 1.165) is 36.8 Å². The van der Waals surface area contributed by atoms with Crippen molar-refractivity contribution in [1.29, 1.82) is 0 Å². The van der Waals surface area contributed by atoms with Crippen LogP contribution >= 0.6 is 0 Å². The summed E-state index contributed by atoms with van der Waals surface area (Å²) in [6.45, 7) is 4.75. The molecule has 18 heavy (non-hydrogen) atoms. The Balaban J connectivity index is 2.64. The molecule has 1 aromatic heterocycles. The van der Waals surface area contributed by atoms with Gasteiger partial charge in [0.2, 0.25) is 0 Å². The second-order valence-electron chi connectivity index (χ2n) is 4.22. The highest BCUT2D eigenvalue weighted by atomic mass is 19.2. The molecule has 0 bridgehead atoms. The van der Waals surface area contributed by atoms with Gasteiger partial charge in [0.1, 0.15) is 0 Å². The van der Waals surface area contributed by atoms with Crippen molar-refractivity contribution in [2.75, 3.05) is 11.9 Å². The summed E-state index contributed by atoms with van der Waals surface area (Å²) in [6.07, 6.45) is 1.79. The minimum absolute atomic E-state index is 0.496. The molecule has 4 heteroatoms. The Bertz CT molecular complexity index is 567. The fraction of sp³-hybridized carbons (Fsp3) is 0.357. The van der Waals surface area contributed by atoms with Crippen molar-refractivity contribution in [1.82, 2.24) is 4.98 Å². The molecule has 0 atom stereocenters. The molecule has 0 fully saturated rings. The highest BCUT2D eigenvalue weighted by molar-refractivity contribution is 5.91. The van der Waals surface area contributed by atoms with Gasteiger partial charge in [-0.2, -0.15) is 0 Å². The Hall–Kier alpha value is -1.71. The summed E-state index contributed by atoms with van der Waals surface area (Å²) in [5, 5.41) is 3.79. The lowest BCUT2D eigenvalue weighted by Gasteiger charge is -2.10. The van der Waals surface area contributed by atoms with E-state index in [1.807, 2.05) is 13.0 Å². The SMILES string of the molecule is CCCc1cc(NCC)c2cc(F)c(F)cc2n1. The minimum Gasteiger partial charge on any atom is -0.385 e. The summed E-state index contributed by atoms with van der Waals surface area (Å²) in [6, 6.07) is 4.27. The first-order valence-corrected chi connectivity index (χ1v) is 6.18. The second kappa shape index (κ2) is 5.29. The third-order valence-corrected chi connectivity index (χ3v) is 2.78. The predicted molar refractivity (Wildman–Crippen MR) is 69.8 cm³/mol. The molecule has 1 aromatic carbocycles. The van der Waals surface area contributed by atoms with E-state index in [1.54, 1.807) is 0 Å². The molecule has 0 unspecified atom stereocenters. The molecule has 0 spiro atoms. The molecule has 0 aliphatic heterocycles. The summed E-state index contributed by atoms with van der Waals surface area (Å²) < 4.78 is 26.5. The Morgan fingerprint density at radius 1 is 1.11 bits per heavy atom. The van der Waals surface area contributed by atoms with Gasteiger partial charge in [-0.1, -0.05) is 13.3 Å². The van der Waals surface area contributed by atoms with Gasteiger partial charge < -0.3 is 5.32 Å². The van der Waals surface area contributed by atoms with E-state index in [9.17, 15) is 8.78 Å². The van der Waals surface area contributed by atoms with E-state index >= 15 is 0 Å². The van der Waals surface area contributed by atoms with Crippen LogP contribution in [0.15, 0.2) is 18.2 Å². The quantitative estimate of drug-likeness (QED) is 0.890. The summed E-state index contributed by atoms with van der Waals surface area (Å²) in [5.41, 5.74) is 2.20. The molecule has 0 aliphatic rings. The molecule has 0 radical (unpaired) electrons. The molecule has 0 amide bonds. The summed E-state index contributed by atoms with van der Waals surface area (Å²) >= 11 is 0. The van der Waals surface area contributed by atoms with Crippen molar-refractivity contribution in [3.05, 3.63) is 35.5 Å². The standard InChI is InChI=1S/C14H16F2N2/c1-3-5-9-6-13(17-4-2)10-7-11(15)12(16)8-14(10)18-9/h6-8H,3-5H2,1-2H3,(H,17,18). The van der Waals surface area contributed by atoms with Crippen molar-refractivity contribution in [2.45, 2.75) is 26.7 Å². The molecule has 2 rings (SSSR count). The molecule has 2 aromatic rings. The van der Waals surface area contributed by atoms with Crippen LogP contribution in [0.2, 0.25) is 0 Å². The largest absolute Gasteiger partial charge is 0.385 e. The smallest absolute Gasteiger partial charge is 0.161 e. The lowest BCUT2D eigenvalue weighted by molar-refractivity contribution is 0.510. The average Bonchev–Trinajstić information content (AvgIpc) is 2.32. The maximum Gasteiger partial charge on any atom is 0.161 e. The Kier molecular flexibility index (Phi) is 3.75. The lowest BCUT2D eigenvalue weighted by atomic mass is 10.1. The summed E-state index contributed by atoms with van der Waals surface area (Å²) in [5.74, 6) is -1.70. The van der Waals surface area contributed by atoms with Crippen LogP contribution in [0.1, 0.15) is 26.0 Å². The fourth-order valence-electron chi connectivity index (χ4n) is 2.00. The van der Waals surface area contributed by atoms with Crippen molar-refractivity contribution < 1.29 is 8.78 Å². The number of nitrogens with zero attached hydrogens (tertiary/aromatic N) is 1. The van der Waals surface area contributed by atoms with Crippen LogP contribution in [0.25, 0.3) is 10.9 Å². The molecule has 1 heterocycles. The molecule has 0 saturated carbocycles. The van der Waals surface area contributed by atoms with Gasteiger partial charge in [-0.05, 0) is 25.5 Å². The van der Waals surface area contributed by atoms with Crippen LogP contribution in [0, 0.1) is 11.6 Å². The van der Waals surface area contributed by atoms with E-state index in [0.29, 0.717) is 10.9 Å². The molecular formula is C14H16F2N2. The highest BCUT2D eigenvalue weighted by Gasteiger charge is 2.10. The average molecular weight is 250 g/mol. The number of hydrogen-bond donors (Lipinski definition) is 1. The van der Waals surface area contributed by atoms with Gasteiger partial charge in [-0.15, -0.1) is 0 Å². The number of halogens is 2. The van der Waals surface area contributed by atoms with E-state index in [2.05, 4.69) is 17.2 Å². The zero-order valence-electron chi connectivity index (χ0n) is 10.6. The third kappa shape index (κ3) is 2.42. The Morgan fingerprint density at radius 3 is 2.50 bits per heavy atom. The molecule has 0 saturated heterocycles. The Morgan fingerprint density at radius 2 is 1.83 bits per heavy atom. The zero-order chi connectivity index (χ0) is 13.1. The van der Waals surface area contributed by atoms with Crippen LogP contribution in [-0.4, -0.2) is 11.5 Å². The lowest BCUT2D eigenvalue weighted by Crippen LogP contribution is -2.01. The number of rotatable bonds is 4. The number of benzene rings is 1. The zero-order valence-corrected chi connectivity index (χ0v) is 10.6. The maximum atomic E-state index is 13.3. The predicted octanol–water partition coefficient (Wildman–Crippen LogP) is 3.90. The first kappa shape index (κ1) is 12.7. The normalized spacial score (nSPS) is 10.9. The first-order chi connectivity index (χ1) is 8.65. The first-order valence-electron chi connectivity index (χ1n) is 6.18. The van der Waals surface area contributed by atoms with Gasteiger partial charge >= 0.3 is 0 Å². The van der Waals surface area contributed by atoms with E-state index in [4.69, 9.17) is 0 Å². The second-order valence-corrected chi connectivity index (χ2v) is 4.22. The van der Waals surface area contributed by atoms with Crippen molar-refractivity contribution in [2.24, 2.45) is 0 Å². The number of aryl methyl sites for hydroxylation is 1. The van der Waals surface area contributed by atoms with Crippen LogP contribution < -0.4 is 5.32 Å². The number of anilines is 1. The molecule has 2 nitrogen and oxygen atoms in total. The van der Waals surface area contributed by atoms with Gasteiger partial charge in [-0.3, -0.25) is 4.98 Å². The van der Waals surface area contributed by atoms with Gasteiger partial charge in [0.25, 0.3) is 0 Å². The van der Waals surface area contributed by atoms with E-state index in [1.165, 1.54) is 6.07 Å². The topological polar surface area (TPSA) is 24.9 Å². The van der Waals surface area contributed by atoms with Crippen LogP contribution in [0.3, 0.4) is 0 Å². The number of pyridine rings is 1. The van der Waals surface area contributed by atoms with Crippen molar-refractivity contribution in [3.8, 4) is 0 Å². The molecule has 1 N–H and O–H groups in total. The summed E-state index contributed by atoms with van der Waals surface area (Å²) in [4.78, 5) is 4.36. The number of nitrogens with one attached hydrogen (secondary N) is 1. The van der Waals surface area contributed by atoms with Gasteiger partial charge in [-0.25, -0.2) is 8.78 Å². The number of fused-ring (bicyclic) bond motifs is 1. The molecule has 96 valence electrons. The maximum absolute atomic E-state index is 13.3. The highest BCUT2D eigenvalue weighted by Crippen LogP contribution is 2.26. The molecule has 0 aliphatic carbocycles. The van der Waals surface area contributed by atoms with Crippen LogP contribution in [0.4, 0.5) is 14.5 Å². The number of aromatic nitrogens is 1. The van der Waals surface area contributed by atoms with Crippen molar-refractivity contribution >= 4 is 16.6 Å². The molecular weight excluding hydrogens is 234 g/mol. The van der Waals surface area contributed by atoms with E-state index in [-0.39, 0.29) is 0 Å². The van der Waals surface area contributed by atoms with Gasteiger partial charge in [0, 0.05) is 29.4 Å². The van der Waals surface area contributed by atoms with Crippen molar-refractivity contribution in [3.63, 3.8) is 0 Å². The minimum atomic E-state index is -0.855. The van der Waals surface area contributed by atoms with Gasteiger partial charge in [0.15, 0.2) is 11.6 Å². The van der Waals surface area contributed by atoms with E-state index < -0.39 is 11.6 Å². The summed E-state index contributed by atoms with van der Waals surface area (Å²) in [7, 11) is 0. The van der Waals surface area contributed by atoms with Gasteiger partial charge in [0.05, 0.1) is 5.52 Å². The van der Waals surface area contributed by atoms with Crippen LogP contribution in [0.5, 0.6) is 0 Å².